The third-order valence-electron chi connectivity index (χ3n) is 3.22. The quantitative estimate of drug-likeness (QED) is 0.725. The second-order valence-corrected chi connectivity index (χ2v) is 4.66. The monoisotopic (exact) mass is 270 g/mol. The molecule has 0 radical (unpaired) electrons. The van der Waals surface area contributed by atoms with Crippen LogP contribution in [0.15, 0.2) is 36.4 Å². The van der Waals surface area contributed by atoms with Crippen LogP contribution in [-0.4, -0.2) is 22.8 Å². The van der Waals surface area contributed by atoms with Gasteiger partial charge in [-0.15, -0.1) is 0 Å². The van der Waals surface area contributed by atoms with Crippen LogP contribution in [0.1, 0.15) is 12.8 Å². The summed E-state index contributed by atoms with van der Waals surface area (Å²) in [6.45, 7) is 0. The number of fused-ring (bicyclic) bond motifs is 1. The molecule has 0 aliphatic carbocycles. The van der Waals surface area contributed by atoms with Gasteiger partial charge < -0.3 is 5.32 Å². The summed E-state index contributed by atoms with van der Waals surface area (Å²) in [6.07, 6.45) is 0.920. The molecule has 6 heteroatoms. The van der Waals surface area contributed by atoms with E-state index in [-0.39, 0.29) is 11.8 Å². The minimum absolute atomic E-state index is 0.0889. The molecule has 1 aromatic heterocycles. The van der Waals surface area contributed by atoms with Gasteiger partial charge in [-0.2, -0.15) is 0 Å². The highest BCUT2D eigenvalue weighted by molar-refractivity contribution is 5.91. The number of amides is 2. The Morgan fingerprint density at radius 3 is 2.90 bits per heavy atom. The number of nitrogens with one attached hydrogen (secondary N) is 3. The van der Waals surface area contributed by atoms with Gasteiger partial charge in [0.2, 0.25) is 5.91 Å². The third kappa shape index (κ3) is 2.54. The van der Waals surface area contributed by atoms with E-state index in [4.69, 9.17) is 0 Å². The molecule has 2 aromatic rings. The van der Waals surface area contributed by atoms with Gasteiger partial charge in [0, 0.05) is 11.8 Å². The number of hydrazine groups is 1. The molecule has 1 saturated heterocycles. The van der Waals surface area contributed by atoms with Crippen molar-refractivity contribution in [2.24, 2.45) is 0 Å². The van der Waals surface area contributed by atoms with E-state index in [1.165, 1.54) is 0 Å². The number of hydrogen-bond acceptors (Lipinski definition) is 4. The van der Waals surface area contributed by atoms with Crippen LogP contribution in [0, 0.1) is 0 Å². The van der Waals surface area contributed by atoms with Gasteiger partial charge in [-0.1, -0.05) is 18.2 Å². The van der Waals surface area contributed by atoms with Crippen LogP contribution in [0.5, 0.6) is 0 Å². The average molecular weight is 270 g/mol. The molecule has 1 atom stereocenters. The molecule has 3 N–H and O–H groups in total. The molecule has 2 heterocycles. The van der Waals surface area contributed by atoms with Crippen molar-refractivity contribution in [1.29, 1.82) is 0 Å². The zero-order valence-electron chi connectivity index (χ0n) is 10.7. The summed E-state index contributed by atoms with van der Waals surface area (Å²) in [4.78, 5) is 27.2. The van der Waals surface area contributed by atoms with E-state index >= 15 is 0 Å². The Labute approximate surface area is 115 Å². The van der Waals surface area contributed by atoms with Crippen LogP contribution in [-0.2, 0) is 9.59 Å². The summed E-state index contributed by atoms with van der Waals surface area (Å²) in [5.41, 5.74) is 6.17. The molecule has 0 bridgehead atoms. The molecule has 102 valence electrons. The molecule has 20 heavy (non-hydrogen) atoms. The fourth-order valence-electron chi connectivity index (χ4n) is 2.16. The third-order valence-corrected chi connectivity index (χ3v) is 3.22. The number of rotatable bonds is 3. The summed E-state index contributed by atoms with van der Waals surface area (Å²) >= 11 is 0. The summed E-state index contributed by atoms with van der Waals surface area (Å²) in [5, 5.41) is 3.64. The lowest BCUT2D eigenvalue weighted by molar-refractivity contribution is -0.125. The molecule has 1 aromatic carbocycles. The second-order valence-electron chi connectivity index (χ2n) is 4.66. The number of anilines is 1. The average Bonchev–Trinajstić information content (AvgIpc) is 2.91. The SMILES string of the molecule is O=C1CCC(C(=O)NNc2ccc3ccccc3n2)N1. The van der Waals surface area contributed by atoms with Gasteiger partial charge in [0.25, 0.3) is 5.91 Å². The van der Waals surface area contributed by atoms with Crippen molar-refractivity contribution >= 4 is 28.5 Å². The van der Waals surface area contributed by atoms with Gasteiger partial charge in [-0.25, -0.2) is 4.98 Å². The van der Waals surface area contributed by atoms with E-state index in [1.807, 2.05) is 30.3 Å². The minimum Gasteiger partial charge on any atom is -0.344 e. The molecular formula is C14H14N4O2. The predicted octanol–water partition coefficient (Wildman–Crippen LogP) is 0.956. The Hall–Kier alpha value is -2.63. The molecule has 1 aliphatic rings. The lowest BCUT2D eigenvalue weighted by Gasteiger charge is -2.12. The van der Waals surface area contributed by atoms with E-state index in [0.717, 1.165) is 10.9 Å². The molecule has 1 fully saturated rings. The van der Waals surface area contributed by atoms with Gasteiger partial charge in [0.05, 0.1) is 5.52 Å². The van der Waals surface area contributed by atoms with Crippen molar-refractivity contribution in [3.8, 4) is 0 Å². The molecule has 0 saturated carbocycles. The van der Waals surface area contributed by atoms with Crippen molar-refractivity contribution in [2.75, 3.05) is 5.43 Å². The van der Waals surface area contributed by atoms with E-state index in [2.05, 4.69) is 21.2 Å². The molecular weight excluding hydrogens is 256 g/mol. The first-order valence-electron chi connectivity index (χ1n) is 6.43. The van der Waals surface area contributed by atoms with Crippen molar-refractivity contribution in [3.05, 3.63) is 36.4 Å². The summed E-state index contributed by atoms with van der Waals surface area (Å²) in [7, 11) is 0. The molecule has 1 aliphatic heterocycles. The molecule has 6 nitrogen and oxygen atoms in total. The Morgan fingerprint density at radius 2 is 2.10 bits per heavy atom. The van der Waals surface area contributed by atoms with Crippen molar-refractivity contribution in [3.63, 3.8) is 0 Å². The van der Waals surface area contributed by atoms with E-state index in [9.17, 15) is 9.59 Å². The zero-order chi connectivity index (χ0) is 13.9. The highest BCUT2D eigenvalue weighted by Gasteiger charge is 2.26. The maximum absolute atomic E-state index is 11.8. The summed E-state index contributed by atoms with van der Waals surface area (Å²) in [6, 6.07) is 11.0. The number of pyridine rings is 1. The number of carbonyl (C=O) groups excluding carboxylic acids is 2. The van der Waals surface area contributed by atoms with Crippen LogP contribution < -0.4 is 16.2 Å². The normalized spacial score (nSPS) is 17.8. The Bertz CT molecular complexity index is 671. The predicted molar refractivity (Wildman–Crippen MR) is 74.7 cm³/mol. The first-order chi connectivity index (χ1) is 9.72. The number of carbonyl (C=O) groups is 2. The van der Waals surface area contributed by atoms with Crippen LogP contribution in [0.4, 0.5) is 5.82 Å². The van der Waals surface area contributed by atoms with Gasteiger partial charge in [0.15, 0.2) is 0 Å². The topological polar surface area (TPSA) is 83.1 Å². The fourth-order valence-corrected chi connectivity index (χ4v) is 2.16. The molecule has 0 spiro atoms. The largest absolute Gasteiger partial charge is 0.344 e. The molecule has 1 unspecified atom stereocenters. The highest BCUT2D eigenvalue weighted by atomic mass is 16.2. The lowest BCUT2D eigenvalue weighted by Crippen LogP contribution is -2.44. The number of hydrogen-bond donors (Lipinski definition) is 3. The first-order valence-corrected chi connectivity index (χ1v) is 6.43. The maximum atomic E-state index is 11.8. The minimum atomic E-state index is -0.463. The van der Waals surface area contributed by atoms with Gasteiger partial charge in [-0.3, -0.25) is 20.4 Å². The van der Waals surface area contributed by atoms with Crippen LogP contribution in [0.3, 0.4) is 0 Å². The smallest absolute Gasteiger partial charge is 0.260 e. The van der Waals surface area contributed by atoms with E-state index in [1.54, 1.807) is 6.07 Å². The maximum Gasteiger partial charge on any atom is 0.260 e. The highest BCUT2D eigenvalue weighted by Crippen LogP contribution is 2.14. The number of nitrogens with zero attached hydrogens (tertiary/aromatic N) is 1. The summed E-state index contributed by atoms with van der Waals surface area (Å²) < 4.78 is 0. The van der Waals surface area contributed by atoms with Gasteiger partial charge in [-0.05, 0) is 24.6 Å². The van der Waals surface area contributed by atoms with Crippen molar-refractivity contribution in [2.45, 2.75) is 18.9 Å². The number of benzene rings is 1. The van der Waals surface area contributed by atoms with Crippen molar-refractivity contribution in [1.82, 2.24) is 15.7 Å². The van der Waals surface area contributed by atoms with E-state index in [0.29, 0.717) is 18.7 Å². The van der Waals surface area contributed by atoms with Crippen LogP contribution in [0.25, 0.3) is 10.9 Å². The first kappa shape index (κ1) is 12.4. The fraction of sp³-hybridized carbons (Fsp3) is 0.214. The second kappa shape index (κ2) is 5.16. The number of aromatic nitrogens is 1. The Morgan fingerprint density at radius 1 is 1.25 bits per heavy atom. The lowest BCUT2D eigenvalue weighted by atomic mass is 10.2. The standard InChI is InChI=1S/C14H14N4O2/c19-13-8-6-11(16-13)14(20)18-17-12-7-5-9-3-1-2-4-10(9)15-12/h1-5,7,11H,6,8H2,(H,15,17)(H,16,19)(H,18,20). The van der Waals surface area contributed by atoms with Gasteiger partial charge in [0.1, 0.15) is 11.9 Å². The molecule has 2 amide bonds. The molecule has 3 rings (SSSR count). The number of para-hydroxylation sites is 1. The van der Waals surface area contributed by atoms with E-state index < -0.39 is 6.04 Å². The van der Waals surface area contributed by atoms with Crippen molar-refractivity contribution < 1.29 is 9.59 Å². The zero-order valence-corrected chi connectivity index (χ0v) is 10.7. The van der Waals surface area contributed by atoms with Crippen LogP contribution >= 0.6 is 0 Å². The van der Waals surface area contributed by atoms with Crippen LogP contribution in [0.2, 0.25) is 0 Å². The summed E-state index contributed by atoms with van der Waals surface area (Å²) in [5.74, 6) is 0.209. The Balaban J connectivity index is 1.64. The van der Waals surface area contributed by atoms with Gasteiger partial charge >= 0.3 is 0 Å². The Kier molecular flexibility index (Phi) is 3.20.